The number of hydrogen-bond acceptors (Lipinski definition) is 2. The molecule has 0 radical (unpaired) electrons. The zero-order valence-corrected chi connectivity index (χ0v) is 13.8. The van der Waals surface area contributed by atoms with Crippen LogP contribution in [0.3, 0.4) is 0 Å². The van der Waals surface area contributed by atoms with Crippen LogP contribution < -0.4 is 5.32 Å². The topological polar surface area (TPSA) is 15.3 Å². The average Bonchev–Trinajstić information content (AvgIpc) is 2.40. The number of nitrogens with zero attached hydrogens (tertiary/aromatic N) is 1. The zero-order chi connectivity index (χ0) is 12.8. The van der Waals surface area contributed by atoms with Gasteiger partial charge in [-0.25, -0.2) is 0 Å². The Labute approximate surface area is 126 Å². The van der Waals surface area contributed by atoms with E-state index in [-0.39, 0.29) is 0 Å². The van der Waals surface area contributed by atoms with Crippen LogP contribution in [0.2, 0.25) is 0 Å². The van der Waals surface area contributed by atoms with Crippen LogP contribution in [0.5, 0.6) is 0 Å². The van der Waals surface area contributed by atoms with Gasteiger partial charge in [0.05, 0.1) is 0 Å². The van der Waals surface area contributed by atoms with Crippen molar-refractivity contribution in [2.45, 2.75) is 25.8 Å². The van der Waals surface area contributed by atoms with Crippen LogP contribution in [-0.4, -0.2) is 31.1 Å². The van der Waals surface area contributed by atoms with Gasteiger partial charge in [0.2, 0.25) is 0 Å². The summed E-state index contributed by atoms with van der Waals surface area (Å²) in [7, 11) is 0. The summed E-state index contributed by atoms with van der Waals surface area (Å²) in [6.07, 6.45) is 4.16. The SMILES string of the molecule is Brc1ccc(Br)c(CNCCN2CCCCC2)c1. The minimum atomic E-state index is 0.924. The van der Waals surface area contributed by atoms with Gasteiger partial charge in [-0.15, -0.1) is 0 Å². The number of halogens is 2. The van der Waals surface area contributed by atoms with Crippen molar-refractivity contribution in [1.82, 2.24) is 10.2 Å². The molecule has 1 heterocycles. The van der Waals surface area contributed by atoms with Crippen molar-refractivity contribution in [3.05, 3.63) is 32.7 Å². The number of rotatable bonds is 5. The first-order valence-electron chi connectivity index (χ1n) is 6.63. The molecular formula is C14H20Br2N2. The van der Waals surface area contributed by atoms with E-state index >= 15 is 0 Å². The average molecular weight is 376 g/mol. The lowest BCUT2D eigenvalue weighted by Crippen LogP contribution is -2.35. The highest BCUT2D eigenvalue weighted by molar-refractivity contribution is 9.11. The van der Waals surface area contributed by atoms with E-state index in [4.69, 9.17) is 0 Å². The van der Waals surface area contributed by atoms with E-state index in [1.165, 1.54) is 48.9 Å². The van der Waals surface area contributed by atoms with Gasteiger partial charge in [-0.1, -0.05) is 38.3 Å². The predicted octanol–water partition coefficient (Wildman–Crippen LogP) is 3.79. The molecule has 100 valence electrons. The highest BCUT2D eigenvalue weighted by Gasteiger charge is 2.08. The number of hydrogen-bond donors (Lipinski definition) is 1. The maximum Gasteiger partial charge on any atom is 0.0221 e. The van der Waals surface area contributed by atoms with Crippen molar-refractivity contribution in [2.75, 3.05) is 26.2 Å². The smallest absolute Gasteiger partial charge is 0.0221 e. The Morgan fingerprint density at radius 2 is 1.89 bits per heavy atom. The summed E-state index contributed by atoms with van der Waals surface area (Å²) in [4.78, 5) is 2.56. The van der Waals surface area contributed by atoms with Crippen molar-refractivity contribution in [3.8, 4) is 0 Å². The van der Waals surface area contributed by atoms with Gasteiger partial charge in [-0.3, -0.25) is 0 Å². The molecule has 2 rings (SSSR count). The molecule has 1 aliphatic rings. The first kappa shape index (κ1) is 14.5. The summed E-state index contributed by atoms with van der Waals surface area (Å²) in [6.45, 7) is 5.73. The normalized spacial score (nSPS) is 17.0. The van der Waals surface area contributed by atoms with Crippen LogP contribution in [0.25, 0.3) is 0 Å². The Balaban J connectivity index is 1.69. The van der Waals surface area contributed by atoms with Crippen LogP contribution >= 0.6 is 31.9 Å². The van der Waals surface area contributed by atoms with Crippen molar-refractivity contribution < 1.29 is 0 Å². The minimum absolute atomic E-state index is 0.924. The van der Waals surface area contributed by atoms with E-state index in [1.807, 2.05) is 0 Å². The van der Waals surface area contributed by atoms with Gasteiger partial charge < -0.3 is 10.2 Å². The van der Waals surface area contributed by atoms with Crippen LogP contribution in [0.15, 0.2) is 27.1 Å². The first-order valence-corrected chi connectivity index (χ1v) is 8.21. The van der Waals surface area contributed by atoms with E-state index in [9.17, 15) is 0 Å². The lowest BCUT2D eigenvalue weighted by atomic mass is 10.1. The summed E-state index contributed by atoms with van der Waals surface area (Å²) < 4.78 is 2.31. The molecule has 1 N–H and O–H groups in total. The van der Waals surface area contributed by atoms with E-state index in [2.05, 4.69) is 60.3 Å². The highest BCUT2D eigenvalue weighted by atomic mass is 79.9. The molecule has 0 saturated carbocycles. The fourth-order valence-electron chi connectivity index (χ4n) is 2.32. The fourth-order valence-corrected chi connectivity index (χ4v) is 3.12. The zero-order valence-electron chi connectivity index (χ0n) is 10.6. The maximum atomic E-state index is 3.59. The number of benzene rings is 1. The second-order valence-electron chi connectivity index (χ2n) is 4.81. The molecule has 4 heteroatoms. The first-order chi connectivity index (χ1) is 8.75. The van der Waals surface area contributed by atoms with E-state index in [1.54, 1.807) is 0 Å². The van der Waals surface area contributed by atoms with Gasteiger partial charge in [0, 0.05) is 28.6 Å². The van der Waals surface area contributed by atoms with Crippen LogP contribution in [-0.2, 0) is 6.54 Å². The van der Waals surface area contributed by atoms with Crippen LogP contribution in [0, 0.1) is 0 Å². The largest absolute Gasteiger partial charge is 0.311 e. The fraction of sp³-hybridized carbons (Fsp3) is 0.571. The predicted molar refractivity (Wildman–Crippen MR) is 83.8 cm³/mol. The third-order valence-corrected chi connectivity index (χ3v) is 4.64. The molecule has 1 fully saturated rings. The molecule has 0 atom stereocenters. The Morgan fingerprint density at radius 3 is 2.67 bits per heavy atom. The quantitative estimate of drug-likeness (QED) is 0.787. The molecule has 1 aromatic rings. The van der Waals surface area contributed by atoms with E-state index in [0.717, 1.165) is 17.6 Å². The standard InChI is InChI=1S/C14H20Br2N2/c15-13-4-5-14(16)12(10-13)11-17-6-9-18-7-2-1-3-8-18/h4-5,10,17H,1-3,6-9,11H2. The lowest BCUT2D eigenvalue weighted by molar-refractivity contribution is 0.229. The van der Waals surface area contributed by atoms with Crippen LogP contribution in [0.4, 0.5) is 0 Å². The Hall–Kier alpha value is 0.1000. The Kier molecular flexibility index (Phi) is 6.15. The van der Waals surface area contributed by atoms with Crippen molar-refractivity contribution in [2.24, 2.45) is 0 Å². The van der Waals surface area contributed by atoms with Crippen molar-refractivity contribution in [1.29, 1.82) is 0 Å². The molecule has 1 aliphatic heterocycles. The third-order valence-electron chi connectivity index (χ3n) is 3.38. The summed E-state index contributed by atoms with van der Waals surface area (Å²) in [5, 5.41) is 3.52. The minimum Gasteiger partial charge on any atom is -0.311 e. The summed E-state index contributed by atoms with van der Waals surface area (Å²) >= 11 is 7.10. The Bertz CT molecular complexity index is 376. The van der Waals surface area contributed by atoms with Crippen molar-refractivity contribution in [3.63, 3.8) is 0 Å². The lowest BCUT2D eigenvalue weighted by Gasteiger charge is -2.26. The highest BCUT2D eigenvalue weighted by Crippen LogP contribution is 2.21. The second kappa shape index (κ2) is 7.63. The van der Waals surface area contributed by atoms with Gasteiger partial charge in [0.25, 0.3) is 0 Å². The molecule has 0 amide bonds. The molecule has 0 aliphatic carbocycles. The van der Waals surface area contributed by atoms with E-state index in [0.29, 0.717) is 0 Å². The summed E-state index contributed by atoms with van der Waals surface area (Å²) in [5.41, 5.74) is 1.31. The summed E-state index contributed by atoms with van der Waals surface area (Å²) in [6, 6.07) is 6.31. The van der Waals surface area contributed by atoms with Gasteiger partial charge in [0.1, 0.15) is 0 Å². The molecule has 1 aromatic carbocycles. The maximum absolute atomic E-state index is 3.59. The number of likely N-dealkylation sites (tertiary alicyclic amines) is 1. The van der Waals surface area contributed by atoms with Crippen LogP contribution in [0.1, 0.15) is 24.8 Å². The van der Waals surface area contributed by atoms with Gasteiger partial charge in [-0.05, 0) is 49.7 Å². The Morgan fingerprint density at radius 1 is 1.11 bits per heavy atom. The summed E-state index contributed by atoms with van der Waals surface area (Å²) in [5.74, 6) is 0. The monoisotopic (exact) mass is 374 g/mol. The van der Waals surface area contributed by atoms with E-state index < -0.39 is 0 Å². The molecule has 0 bridgehead atoms. The third kappa shape index (κ3) is 4.65. The van der Waals surface area contributed by atoms with Gasteiger partial charge in [0.15, 0.2) is 0 Å². The molecular weight excluding hydrogens is 356 g/mol. The van der Waals surface area contributed by atoms with Gasteiger partial charge in [-0.2, -0.15) is 0 Å². The molecule has 0 unspecified atom stereocenters. The molecule has 2 nitrogen and oxygen atoms in total. The second-order valence-corrected chi connectivity index (χ2v) is 6.58. The van der Waals surface area contributed by atoms with Crippen molar-refractivity contribution >= 4 is 31.9 Å². The van der Waals surface area contributed by atoms with Gasteiger partial charge >= 0.3 is 0 Å². The molecule has 0 spiro atoms. The molecule has 0 aromatic heterocycles. The number of nitrogens with one attached hydrogen (secondary N) is 1. The molecule has 18 heavy (non-hydrogen) atoms. The molecule has 1 saturated heterocycles. The number of piperidine rings is 1.